The third kappa shape index (κ3) is 3.76. The summed E-state index contributed by atoms with van der Waals surface area (Å²) in [6, 6.07) is 5.78. The number of aromatic nitrogens is 2. The molecule has 1 aliphatic heterocycles. The van der Waals surface area contributed by atoms with E-state index < -0.39 is 10.7 Å². The number of halogens is 1. The molecule has 1 atom stereocenters. The molecule has 1 saturated heterocycles. The number of hydrogen-bond acceptors (Lipinski definition) is 7. The van der Waals surface area contributed by atoms with E-state index in [1.165, 1.54) is 12.1 Å². The second-order valence-corrected chi connectivity index (χ2v) is 6.19. The van der Waals surface area contributed by atoms with E-state index >= 15 is 0 Å². The standard InChI is InChI=1S/C16H19FN6O2/c1-10-4-3-7-22(9-10)15-13(23(24)25)14(18)20-16(21-15)19-12-6-2-5-11(17)8-12/h2,5-6,8,10H,3-4,7,9H2,1H3,(H3,18,19,20,21)/t10-/m1/s1. The Balaban J connectivity index is 1.99. The first-order valence-corrected chi connectivity index (χ1v) is 8.03. The van der Waals surface area contributed by atoms with Gasteiger partial charge >= 0.3 is 5.69 Å². The molecule has 2 heterocycles. The molecule has 2 aromatic rings. The summed E-state index contributed by atoms with van der Waals surface area (Å²) in [7, 11) is 0. The molecular weight excluding hydrogens is 327 g/mol. The van der Waals surface area contributed by atoms with Crippen molar-refractivity contribution in [3.05, 3.63) is 40.2 Å². The molecule has 1 aromatic heterocycles. The quantitative estimate of drug-likeness (QED) is 0.646. The Morgan fingerprint density at radius 1 is 1.44 bits per heavy atom. The van der Waals surface area contributed by atoms with Crippen molar-refractivity contribution in [1.29, 1.82) is 0 Å². The molecule has 0 saturated carbocycles. The molecular formula is C16H19FN6O2. The molecule has 9 heteroatoms. The first-order chi connectivity index (χ1) is 11.9. The van der Waals surface area contributed by atoms with E-state index in [1.54, 1.807) is 12.1 Å². The van der Waals surface area contributed by atoms with Crippen molar-refractivity contribution in [3.8, 4) is 0 Å². The second kappa shape index (κ2) is 6.88. The van der Waals surface area contributed by atoms with Gasteiger partial charge < -0.3 is 16.0 Å². The molecule has 3 rings (SSSR count). The summed E-state index contributed by atoms with van der Waals surface area (Å²) in [5.41, 5.74) is 5.96. The lowest BCUT2D eigenvalue weighted by molar-refractivity contribution is -0.383. The van der Waals surface area contributed by atoms with Crippen LogP contribution in [0.2, 0.25) is 0 Å². The van der Waals surface area contributed by atoms with Gasteiger partial charge in [0, 0.05) is 18.8 Å². The number of nitrogens with one attached hydrogen (secondary N) is 1. The monoisotopic (exact) mass is 346 g/mol. The average Bonchev–Trinajstić information content (AvgIpc) is 2.54. The van der Waals surface area contributed by atoms with Crippen LogP contribution in [0.5, 0.6) is 0 Å². The Bertz CT molecular complexity index is 800. The van der Waals surface area contributed by atoms with Gasteiger partial charge in [-0.2, -0.15) is 9.97 Å². The summed E-state index contributed by atoms with van der Waals surface area (Å²) in [5, 5.41) is 14.3. The molecule has 0 amide bonds. The number of anilines is 4. The van der Waals surface area contributed by atoms with Crippen molar-refractivity contribution < 1.29 is 9.31 Å². The lowest BCUT2D eigenvalue weighted by atomic mass is 10.0. The summed E-state index contributed by atoms with van der Waals surface area (Å²) in [4.78, 5) is 21.0. The Morgan fingerprint density at radius 3 is 2.92 bits per heavy atom. The summed E-state index contributed by atoms with van der Waals surface area (Å²) < 4.78 is 13.3. The molecule has 1 aromatic carbocycles. The number of benzene rings is 1. The number of piperidine rings is 1. The van der Waals surface area contributed by atoms with E-state index in [0.717, 1.165) is 12.8 Å². The van der Waals surface area contributed by atoms with Crippen LogP contribution in [-0.4, -0.2) is 28.0 Å². The average molecular weight is 346 g/mol. The van der Waals surface area contributed by atoms with Crippen molar-refractivity contribution in [1.82, 2.24) is 9.97 Å². The highest BCUT2D eigenvalue weighted by Gasteiger charge is 2.29. The van der Waals surface area contributed by atoms with Crippen molar-refractivity contribution in [2.75, 3.05) is 29.0 Å². The van der Waals surface area contributed by atoms with Crippen molar-refractivity contribution in [3.63, 3.8) is 0 Å². The molecule has 0 unspecified atom stereocenters. The minimum absolute atomic E-state index is 0.0990. The fraction of sp³-hybridized carbons (Fsp3) is 0.375. The lowest BCUT2D eigenvalue weighted by Gasteiger charge is -2.31. The summed E-state index contributed by atoms with van der Waals surface area (Å²) in [5.74, 6) is 0.0751. The largest absolute Gasteiger partial charge is 0.378 e. The highest BCUT2D eigenvalue weighted by Crippen LogP contribution is 2.34. The summed E-state index contributed by atoms with van der Waals surface area (Å²) in [6.45, 7) is 3.42. The van der Waals surface area contributed by atoms with Crippen LogP contribution in [0.4, 0.5) is 33.3 Å². The minimum atomic E-state index is -0.560. The topological polar surface area (TPSA) is 110 Å². The highest BCUT2D eigenvalue weighted by molar-refractivity contribution is 5.72. The van der Waals surface area contributed by atoms with Crippen molar-refractivity contribution in [2.24, 2.45) is 5.92 Å². The van der Waals surface area contributed by atoms with Gasteiger partial charge in [-0.15, -0.1) is 0 Å². The van der Waals surface area contributed by atoms with Gasteiger partial charge in [0.05, 0.1) is 4.92 Å². The first-order valence-electron chi connectivity index (χ1n) is 8.03. The van der Waals surface area contributed by atoms with Gasteiger partial charge in [0.2, 0.25) is 17.6 Å². The highest BCUT2D eigenvalue weighted by atomic mass is 19.1. The molecule has 25 heavy (non-hydrogen) atoms. The van der Waals surface area contributed by atoms with Crippen LogP contribution in [0.1, 0.15) is 19.8 Å². The molecule has 1 fully saturated rings. The van der Waals surface area contributed by atoms with E-state index in [9.17, 15) is 14.5 Å². The molecule has 0 spiro atoms. The molecule has 1 aliphatic rings. The van der Waals surface area contributed by atoms with Gasteiger partial charge in [-0.05, 0) is 37.0 Å². The summed E-state index contributed by atoms with van der Waals surface area (Å²) in [6.07, 6.45) is 1.99. The fourth-order valence-electron chi connectivity index (χ4n) is 2.99. The third-order valence-electron chi connectivity index (χ3n) is 4.11. The zero-order valence-electron chi connectivity index (χ0n) is 13.8. The molecule has 8 nitrogen and oxygen atoms in total. The minimum Gasteiger partial charge on any atom is -0.378 e. The molecule has 3 N–H and O–H groups in total. The van der Waals surface area contributed by atoms with Crippen LogP contribution in [-0.2, 0) is 0 Å². The van der Waals surface area contributed by atoms with Crippen LogP contribution < -0.4 is 16.0 Å². The van der Waals surface area contributed by atoms with Gasteiger partial charge in [0.1, 0.15) is 5.82 Å². The normalized spacial score (nSPS) is 17.4. The van der Waals surface area contributed by atoms with Gasteiger partial charge in [-0.25, -0.2) is 4.39 Å². The maximum absolute atomic E-state index is 13.3. The zero-order valence-corrected chi connectivity index (χ0v) is 13.8. The number of nitro groups is 1. The van der Waals surface area contributed by atoms with Crippen molar-refractivity contribution in [2.45, 2.75) is 19.8 Å². The number of nitrogen functional groups attached to an aromatic ring is 1. The molecule has 132 valence electrons. The SMILES string of the molecule is C[C@@H]1CCCN(c2nc(Nc3cccc(F)c3)nc(N)c2[N+](=O)[O-])C1. The van der Waals surface area contributed by atoms with E-state index in [1.807, 2.05) is 4.90 Å². The smallest absolute Gasteiger partial charge is 0.353 e. The van der Waals surface area contributed by atoms with E-state index in [4.69, 9.17) is 5.73 Å². The summed E-state index contributed by atoms with van der Waals surface area (Å²) >= 11 is 0. The third-order valence-corrected chi connectivity index (χ3v) is 4.11. The van der Waals surface area contributed by atoms with E-state index in [2.05, 4.69) is 22.2 Å². The number of nitrogens with zero attached hydrogens (tertiary/aromatic N) is 4. The van der Waals surface area contributed by atoms with Crippen LogP contribution in [0.25, 0.3) is 0 Å². The van der Waals surface area contributed by atoms with Gasteiger partial charge in [-0.1, -0.05) is 13.0 Å². The van der Waals surface area contributed by atoms with E-state index in [0.29, 0.717) is 24.7 Å². The van der Waals surface area contributed by atoms with Crippen molar-refractivity contribution >= 4 is 29.0 Å². The zero-order chi connectivity index (χ0) is 18.0. The number of hydrogen-bond donors (Lipinski definition) is 2. The predicted molar refractivity (Wildman–Crippen MR) is 93.4 cm³/mol. The van der Waals surface area contributed by atoms with Crippen LogP contribution in [0.15, 0.2) is 24.3 Å². The van der Waals surface area contributed by atoms with Crippen LogP contribution in [0, 0.1) is 21.8 Å². The Hall–Kier alpha value is -2.97. The van der Waals surface area contributed by atoms with E-state index in [-0.39, 0.29) is 23.3 Å². The molecule has 0 aliphatic carbocycles. The fourth-order valence-corrected chi connectivity index (χ4v) is 2.99. The van der Waals surface area contributed by atoms with Crippen LogP contribution in [0.3, 0.4) is 0 Å². The number of nitrogens with two attached hydrogens (primary N) is 1. The Kier molecular flexibility index (Phi) is 4.64. The first kappa shape index (κ1) is 16.9. The second-order valence-electron chi connectivity index (χ2n) is 6.19. The van der Waals surface area contributed by atoms with Crippen LogP contribution >= 0.6 is 0 Å². The maximum Gasteiger partial charge on any atom is 0.353 e. The van der Waals surface area contributed by atoms with Gasteiger partial charge in [0.25, 0.3) is 0 Å². The Morgan fingerprint density at radius 2 is 2.24 bits per heavy atom. The number of rotatable bonds is 4. The molecule has 0 radical (unpaired) electrons. The van der Waals surface area contributed by atoms with Gasteiger partial charge in [-0.3, -0.25) is 10.1 Å². The lowest BCUT2D eigenvalue weighted by Crippen LogP contribution is -2.35. The molecule has 0 bridgehead atoms. The van der Waals surface area contributed by atoms with Gasteiger partial charge in [0.15, 0.2) is 0 Å². The predicted octanol–water partition coefficient (Wildman–Crippen LogP) is 3.09. The maximum atomic E-state index is 13.3. The Labute approximate surface area is 144 Å².